The minimum absolute atomic E-state index is 0.183. The second kappa shape index (κ2) is 7.04. The van der Waals surface area contributed by atoms with Crippen molar-refractivity contribution in [3.8, 4) is 0 Å². The number of aliphatic hydroxyl groups excluding tert-OH is 4. The van der Waals surface area contributed by atoms with Crippen LogP contribution in [0.25, 0.3) is 21.9 Å². The summed E-state index contributed by atoms with van der Waals surface area (Å²) in [7, 11) is 0. The lowest BCUT2D eigenvalue weighted by Crippen LogP contribution is -2.59. The zero-order chi connectivity index (χ0) is 19.1. The largest absolute Gasteiger partial charge is 0.464 e. The highest BCUT2D eigenvalue weighted by Gasteiger charge is 2.44. The molecule has 9 nitrogen and oxygen atoms in total. The Morgan fingerprint density at radius 2 is 1.81 bits per heavy atom. The van der Waals surface area contributed by atoms with Crippen LogP contribution >= 0.6 is 0 Å². The first-order valence-electron chi connectivity index (χ1n) is 8.34. The maximum atomic E-state index is 12.2. The topological polar surface area (TPSA) is 143 Å². The summed E-state index contributed by atoms with van der Waals surface area (Å²) < 4.78 is 21.2. The summed E-state index contributed by atoms with van der Waals surface area (Å²) in [6.45, 7) is -0.825. The number of fused-ring (bicyclic) bond motifs is 2. The third-order valence-electron chi connectivity index (χ3n) is 4.63. The molecular formula is C18H18O9. The van der Waals surface area contributed by atoms with Crippen LogP contribution < -0.4 is 5.63 Å². The van der Waals surface area contributed by atoms with Crippen molar-refractivity contribution < 1.29 is 38.7 Å². The van der Waals surface area contributed by atoms with E-state index in [0.29, 0.717) is 16.6 Å². The van der Waals surface area contributed by atoms with Gasteiger partial charge in [0.1, 0.15) is 35.6 Å². The van der Waals surface area contributed by atoms with E-state index in [0.717, 1.165) is 5.39 Å². The molecule has 3 heterocycles. The molecule has 27 heavy (non-hydrogen) atoms. The van der Waals surface area contributed by atoms with Gasteiger partial charge in [-0.05, 0) is 18.2 Å². The first-order chi connectivity index (χ1) is 13.0. The van der Waals surface area contributed by atoms with E-state index < -0.39 is 42.9 Å². The van der Waals surface area contributed by atoms with Crippen LogP contribution in [-0.2, 0) is 16.1 Å². The molecule has 0 bridgehead atoms. The Kier molecular flexibility index (Phi) is 4.72. The molecule has 0 amide bonds. The van der Waals surface area contributed by atoms with Crippen molar-refractivity contribution in [2.75, 3.05) is 6.61 Å². The Hall–Kier alpha value is -2.27. The minimum atomic E-state index is -1.55. The van der Waals surface area contributed by atoms with Crippen molar-refractivity contribution in [3.05, 3.63) is 46.5 Å². The van der Waals surface area contributed by atoms with Crippen LogP contribution in [0.3, 0.4) is 0 Å². The summed E-state index contributed by atoms with van der Waals surface area (Å²) in [6.07, 6.45) is -5.45. The van der Waals surface area contributed by atoms with Crippen LogP contribution in [0.15, 0.2) is 44.2 Å². The van der Waals surface area contributed by atoms with E-state index in [1.54, 1.807) is 24.3 Å². The van der Waals surface area contributed by atoms with Crippen LogP contribution in [0.2, 0.25) is 0 Å². The number of furan rings is 1. The molecule has 1 fully saturated rings. The predicted molar refractivity (Wildman–Crippen MR) is 90.8 cm³/mol. The first kappa shape index (κ1) is 18.1. The maximum absolute atomic E-state index is 12.2. The van der Waals surface area contributed by atoms with Crippen molar-refractivity contribution in [1.29, 1.82) is 0 Å². The van der Waals surface area contributed by atoms with Gasteiger partial charge < -0.3 is 38.7 Å². The molecule has 0 saturated carbocycles. The number of ether oxygens (including phenoxy) is 2. The lowest BCUT2D eigenvalue weighted by atomic mass is 9.99. The van der Waals surface area contributed by atoms with Gasteiger partial charge in [0.05, 0.1) is 25.0 Å². The fraction of sp³-hybridized carbons (Fsp3) is 0.389. The fourth-order valence-corrected chi connectivity index (χ4v) is 3.10. The monoisotopic (exact) mass is 378 g/mol. The number of hydrogen-bond donors (Lipinski definition) is 4. The van der Waals surface area contributed by atoms with Crippen LogP contribution in [-0.4, -0.2) is 57.7 Å². The van der Waals surface area contributed by atoms with Crippen LogP contribution in [0, 0.1) is 0 Å². The molecule has 2 aromatic heterocycles. The predicted octanol–water partition coefficient (Wildman–Crippen LogP) is -0.144. The van der Waals surface area contributed by atoms with Crippen LogP contribution in [0.1, 0.15) is 5.56 Å². The summed E-state index contributed by atoms with van der Waals surface area (Å²) in [5.74, 6) is 0. The second-order valence-corrected chi connectivity index (χ2v) is 6.42. The van der Waals surface area contributed by atoms with Crippen molar-refractivity contribution in [2.24, 2.45) is 0 Å². The summed E-state index contributed by atoms with van der Waals surface area (Å²) in [4.78, 5) is 12.2. The van der Waals surface area contributed by atoms with Gasteiger partial charge in [0.15, 0.2) is 6.29 Å². The molecule has 1 aromatic carbocycles. The molecule has 4 N–H and O–H groups in total. The Labute approximate surface area is 152 Å². The van der Waals surface area contributed by atoms with E-state index >= 15 is 0 Å². The van der Waals surface area contributed by atoms with E-state index in [-0.39, 0.29) is 12.2 Å². The quantitative estimate of drug-likeness (QED) is 0.456. The van der Waals surface area contributed by atoms with Gasteiger partial charge in [0, 0.05) is 16.8 Å². The van der Waals surface area contributed by atoms with Crippen molar-refractivity contribution in [2.45, 2.75) is 37.3 Å². The standard InChI is InChI=1S/C18H18O9/c19-6-13-14(20)15(21)16(22)18(27-13)25-7-10-4-9-3-8-1-2-24-11(8)5-12(9)26-17(10)23/h1-5,13-16,18-22H,6-7H2/t13-,14+,15+,16-,18?/m1/s1. The second-order valence-electron chi connectivity index (χ2n) is 6.42. The highest BCUT2D eigenvalue weighted by atomic mass is 16.7. The number of aliphatic hydroxyl groups is 4. The maximum Gasteiger partial charge on any atom is 0.341 e. The highest BCUT2D eigenvalue weighted by Crippen LogP contribution is 2.25. The molecule has 1 aliphatic rings. The Morgan fingerprint density at radius 1 is 1.00 bits per heavy atom. The molecule has 144 valence electrons. The molecule has 9 heteroatoms. The zero-order valence-electron chi connectivity index (χ0n) is 14.0. The SMILES string of the molecule is O=c1oc2cc3occc3cc2cc1COC1O[C@H](CO)[C@H](O)[C@H](O)[C@H]1O. The molecule has 1 aliphatic heterocycles. The van der Waals surface area contributed by atoms with Gasteiger partial charge >= 0.3 is 5.63 Å². The average molecular weight is 378 g/mol. The van der Waals surface area contributed by atoms with E-state index in [1.807, 2.05) is 0 Å². The third kappa shape index (κ3) is 3.25. The van der Waals surface area contributed by atoms with E-state index in [9.17, 15) is 25.2 Å². The Morgan fingerprint density at radius 3 is 2.59 bits per heavy atom. The van der Waals surface area contributed by atoms with E-state index in [2.05, 4.69) is 0 Å². The summed E-state index contributed by atoms with van der Waals surface area (Å²) in [5.41, 5.74) is 0.510. The normalized spacial score (nSPS) is 28.8. The highest BCUT2D eigenvalue weighted by molar-refractivity contribution is 5.92. The van der Waals surface area contributed by atoms with Gasteiger partial charge in [0.2, 0.25) is 0 Å². The van der Waals surface area contributed by atoms with Crippen molar-refractivity contribution in [1.82, 2.24) is 0 Å². The van der Waals surface area contributed by atoms with Crippen LogP contribution in [0.5, 0.6) is 0 Å². The van der Waals surface area contributed by atoms with E-state index in [1.165, 1.54) is 6.26 Å². The van der Waals surface area contributed by atoms with Gasteiger partial charge in [-0.15, -0.1) is 0 Å². The lowest BCUT2D eigenvalue weighted by molar-refractivity contribution is -0.304. The van der Waals surface area contributed by atoms with Gasteiger partial charge in [0.25, 0.3) is 0 Å². The average Bonchev–Trinajstić information content (AvgIpc) is 3.11. The van der Waals surface area contributed by atoms with E-state index in [4.69, 9.17) is 18.3 Å². The number of benzene rings is 1. The molecule has 3 aromatic rings. The van der Waals surface area contributed by atoms with Gasteiger partial charge in [-0.2, -0.15) is 0 Å². The smallest absolute Gasteiger partial charge is 0.341 e. The molecular weight excluding hydrogens is 360 g/mol. The van der Waals surface area contributed by atoms with Crippen LogP contribution in [0.4, 0.5) is 0 Å². The molecule has 5 atom stereocenters. The zero-order valence-corrected chi connectivity index (χ0v) is 14.0. The Bertz CT molecular complexity index is 1000. The summed E-state index contributed by atoms with van der Waals surface area (Å²) in [5, 5.41) is 40.2. The molecule has 0 spiro atoms. The lowest BCUT2D eigenvalue weighted by Gasteiger charge is -2.39. The third-order valence-corrected chi connectivity index (χ3v) is 4.63. The van der Waals surface area contributed by atoms with Crippen molar-refractivity contribution in [3.63, 3.8) is 0 Å². The molecule has 4 rings (SSSR count). The first-order valence-corrected chi connectivity index (χ1v) is 8.34. The van der Waals surface area contributed by atoms with Gasteiger partial charge in [-0.3, -0.25) is 0 Å². The minimum Gasteiger partial charge on any atom is -0.464 e. The molecule has 1 unspecified atom stereocenters. The Balaban J connectivity index is 1.57. The number of hydrogen-bond acceptors (Lipinski definition) is 9. The van der Waals surface area contributed by atoms with Gasteiger partial charge in [-0.25, -0.2) is 4.79 Å². The fourth-order valence-electron chi connectivity index (χ4n) is 3.10. The summed E-state index contributed by atoms with van der Waals surface area (Å²) in [6, 6.07) is 6.80. The van der Waals surface area contributed by atoms with Crippen molar-refractivity contribution >= 4 is 21.9 Å². The number of rotatable bonds is 4. The van der Waals surface area contributed by atoms with Gasteiger partial charge in [-0.1, -0.05) is 0 Å². The molecule has 1 saturated heterocycles. The molecule has 0 aliphatic carbocycles. The summed E-state index contributed by atoms with van der Waals surface area (Å²) >= 11 is 0. The molecule has 0 radical (unpaired) electrons.